The highest BCUT2D eigenvalue weighted by molar-refractivity contribution is 7.89. The van der Waals surface area contributed by atoms with Gasteiger partial charge in [0, 0.05) is 34.3 Å². The zero-order valence-corrected chi connectivity index (χ0v) is 8.36. The minimum atomic E-state index is -5.14. The normalized spacial score (nSPS) is 18.9. The van der Waals surface area contributed by atoms with Gasteiger partial charge in [0.15, 0.2) is 0 Å². The minimum absolute atomic E-state index is 0.192. The minimum Gasteiger partial charge on any atom is -0.258 e. The van der Waals surface area contributed by atoms with E-state index in [0.717, 1.165) is 0 Å². The second-order valence-corrected chi connectivity index (χ2v) is 4.43. The van der Waals surface area contributed by atoms with Crippen molar-refractivity contribution in [1.29, 1.82) is 0 Å². The van der Waals surface area contributed by atoms with Gasteiger partial charge in [0.1, 0.15) is 0 Å². The molecule has 0 N–H and O–H groups in total. The van der Waals surface area contributed by atoms with Crippen molar-refractivity contribution in [1.82, 2.24) is 4.31 Å². The van der Waals surface area contributed by atoms with Gasteiger partial charge in [-0.2, -0.15) is 4.39 Å². The second-order valence-electron chi connectivity index (χ2n) is 2.64. The number of hydrogen-bond donors (Lipinski definition) is 0. The highest BCUT2D eigenvalue weighted by atomic mass is 32.2. The Morgan fingerprint density at radius 3 is 2.56 bits per heavy atom. The van der Waals surface area contributed by atoms with Crippen LogP contribution in [0.15, 0.2) is 23.1 Å². The number of nitro groups is 1. The fourth-order valence-electron chi connectivity index (χ4n) is 0.902. The predicted octanol–water partition coefficient (Wildman–Crippen LogP) is 0.984. The summed E-state index contributed by atoms with van der Waals surface area (Å²) >= 11 is 0. The molecule has 0 fully saturated rings. The topological polar surface area (TPSA) is 80.5 Å². The first-order valence-electron chi connectivity index (χ1n) is 6.68. The summed E-state index contributed by atoms with van der Waals surface area (Å²) < 4.78 is 79.2. The van der Waals surface area contributed by atoms with Crippen molar-refractivity contribution in [3.8, 4) is 0 Å². The third-order valence-electron chi connectivity index (χ3n) is 1.65. The van der Waals surface area contributed by atoms with Crippen molar-refractivity contribution in [3.05, 3.63) is 34.1 Å². The SMILES string of the molecule is [2H]C([2H])([2H])N(C([2H])([2H])[2H])S(=O)(=O)c1ccc([N+](=O)[O-])c(F)c1. The van der Waals surface area contributed by atoms with Gasteiger partial charge in [-0.3, -0.25) is 10.1 Å². The van der Waals surface area contributed by atoms with Crippen LogP contribution in [-0.2, 0) is 10.0 Å². The fraction of sp³-hybridized carbons (Fsp3) is 0.250. The number of nitro benzene ring substituents is 1. The van der Waals surface area contributed by atoms with Gasteiger partial charge in [-0.1, -0.05) is 0 Å². The molecule has 0 saturated carbocycles. The van der Waals surface area contributed by atoms with Crippen LogP contribution in [0.4, 0.5) is 10.1 Å². The summed E-state index contributed by atoms with van der Waals surface area (Å²) in [5, 5.41) is 10.5. The van der Waals surface area contributed by atoms with E-state index in [1.165, 1.54) is 0 Å². The summed E-state index contributed by atoms with van der Waals surface area (Å²) in [5.74, 6) is -1.54. The summed E-state index contributed by atoms with van der Waals surface area (Å²) in [6.45, 7) is -7.11. The Labute approximate surface area is 99.9 Å². The van der Waals surface area contributed by atoms with E-state index >= 15 is 0 Å². The lowest BCUT2D eigenvalue weighted by Gasteiger charge is -2.10. The van der Waals surface area contributed by atoms with Crippen LogP contribution in [0, 0.1) is 15.9 Å². The van der Waals surface area contributed by atoms with Crippen LogP contribution in [0.1, 0.15) is 8.22 Å². The smallest absolute Gasteiger partial charge is 0.258 e. The maximum atomic E-state index is 13.5. The van der Waals surface area contributed by atoms with Crippen LogP contribution in [0.5, 0.6) is 0 Å². The van der Waals surface area contributed by atoms with E-state index in [-0.39, 0.29) is 6.07 Å². The van der Waals surface area contributed by atoms with Crippen LogP contribution in [0.2, 0.25) is 0 Å². The number of hydrogen-bond acceptors (Lipinski definition) is 4. The van der Waals surface area contributed by atoms with Gasteiger partial charge in [-0.15, -0.1) is 0 Å². The van der Waals surface area contributed by atoms with Gasteiger partial charge in [-0.05, 0) is 6.07 Å². The Morgan fingerprint density at radius 1 is 1.50 bits per heavy atom. The molecule has 1 rings (SSSR count). The molecule has 0 heterocycles. The standard InChI is InChI=1S/C8H9FN2O4S/c1-10(2)16(14,15)6-3-4-8(11(12)13)7(9)5-6/h3-5H,1-2H3/i1D3,2D3. The van der Waals surface area contributed by atoms with Crippen molar-refractivity contribution < 1.29 is 26.0 Å². The zero-order valence-electron chi connectivity index (χ0n) is 13.5. The van der Waals surface area contributed by atoms with E-state index in [4.69, 9.17) is 8.22 Å². The molecule has 0 aromatic heterocycles. The van der Waals surface area contributed by atoms with E-state index in [1.807, 2.05) is 0 Å². The molecular weight excluding hydrogens is 239 g/mol. The molecule has 0 aliphatic rings. The van der Waals surface area contributed by atoms with Gasteiger partial charge in [-0.25, -0.2) is 12.7 Å². The van der Waals surface area contributed by atoms with Crippen LogP contribution >= 0.6 is 0 Å². The Balaban J connectivity index is 3.52. The highest BCUT2D eigenvalue weighted by Crippen LogP contribution is 2.21. The summed E-state index contributed by atoms with van der Waals surface area (Å²) in [6.07, 6.45) is 0. The lowest BCUT2D eigenvalue weighted by atomic mass is 10.3. The van der Waals surface area contributed by atoms with Crippen molar-refractivity contribution in [2.45, 2.75) is 4.90 Å². The first kappa shape index (κ1) is 6.26. The van der Waals surface area contributed by atoms with Gasteiger partial charge in [0.2, 0.25) is 15.8 Å². The molecule has 1 aromatic carbocycles. The van der Waals surface area contributed by atoms with Gasteiger partial charge >= 0.3 is 5.69 Å². The zero-order chi connectivity index (χ0) is 17.5. The molecule has 88 valence electrons. The average Bonchev–Trinajstić information content (AvgIpc) is 2.22. The lowest BCUT2D eigenvalue weighted by molar-refractivity contribution is -0.387. The number of nitrogens with zero attached hydrogens (tertiary/aromatic N) is 2. The molecule has 6 nitrogen and oxygen atoms in total. The molecule has 0 bridgehead atoms. The Morgan fingerprint density at radius 2 is 2.12 bits per heavy atom. The molecule has 0 spiro atoms. The summed E-state index contributed by atoms with van der Waals surface area (Å²) in [7, 11) is -5.14. The third kappa shape index (κ3) is 2.17. The number of benzene rings is 1. The van der Waals surface area contributed by atoms with Crippen molar-refractivity contribution >= 4 is 15.7 Å². The second kappa shape index (κ2) is 4.14. The Kier molecular flexibility index (Phi) is 1.62. The summed E-state index contributed by atoms with van der Waals surface area (Å²) in [6, 6.07) is 1.25. The summed E-state index contributed by atoms with van der Waals surface area (Å²) in [4.78, 5) is 8.32. The molecule has 1 aromatic rings. The van der Waals surface area contributed by atoms with E-state index < -0.39 is 49.6 Å². The largest absolute Gasteiger partial charge is 0.304 e. The van der Waals surface area contributed by atoms with E-state index in [1.54, 1.807) is 0 Å². The van der Waals surface area contributed by atoms with Crippen molar-refractivity contribution in [2.24, 2.45) is 0 Å². The molecular formula is C8H9FN2O4S. The number of rotatable bonds is 3. The van der Waals surface area contributed by atoms with Crippen LogP contribution < -0.4 is 0 Å². The molecule has 0 aliphatic carbocycles. The van der Waals surface area contributed by atoms with Crippen LogP contribution in [-0.4, -0.2) is 31.6 Å². The quantitative estimate of drug-likeness (QED) is 0.595. The van der Waals surface area contributed by atoms with Crippen molar-refractivity contribution in [3.63, 3.8) is 0 Å². The van der Waals surface area contributed by atoms with Gasteiger partial charge < -0.3 is 0 Å². The molecule has 0 amide bonds. The molecule has 16 heavy (non-hydrogen) atoms. The maximum Gasteiger partial charge on any atom is 0.304 e. The highest BCUT2D eigenvalue weighted by Gasteiger charge is 2.22. The molecule has 0 saturated heterocycles. The summed E-state index contributed by atoms with van der Waals surface area (Å²) in [5.41, 5.74) is -1.03. The lowest BCUT2D eigenvalue weighted by Crippen LogP contribution is -2.22. The van der Waals surface area contributed by atoms with Crippen LogP contribution in [0.25, 0.3) is 0 Å². The number of halogens is 1. The molecule has 0 unspecified atom stereocenters. The third-order valence-corrected chi connectivity index (χ3v) is 2.98. The fourth-order valence-corrected chi connectivity index (χ4v) is 1.60. The predicted molar refractivity (Wildman–Crippen MR) is 53.9 cm³/mol. The van der Waals surface area contributed by atoms with Crippen LogP contribution in [0.3, 0.4) is 0 Å². The first-order chi connectivity index (χ1) is 9.69. The van der Waals surface area contributed by atoms with Gasteiger partial charge in [0.25, 0.3) is 0 Å². The van der Waals surface area contributed by atoms with E-state index in [0.29, 0.717) is 12.1 Å². The first-order valence-corrected chi connectivity index (χ1v) is 5.12. The molecule has 0 aliphatic heterocycles. The van der Waals surface area contributed by atoms with Crippen molar-refractivity contribution in [2.75, 3.05) is 14.0 Å². The Hall–Kier alpha value is -1.54. The van der Waals surface area contributed by atoms with E-state index in [2.05, 4.69) is 0 Å². The average molecular weight is 254 g/mol. The number of sulfonamides is 1. The monoisotopic (exact) mass is 254 g/mol. The van der Waals surface area contributed by atoms with Gasteiger partial charge in [0.05, 0.1) is 9.82 Å². The Bertz CT molecular complexity index is 688. The molecule has 8 heteroatoms. The molecule has 0 radical (unpaired) electrons. The van der Waals surface area contributed by atoms with E-state index in [9.17, 15) is 22.9 Å². The molecule has 0 atom stereocenters. The maximum absolute atomic E-state index is 13.5.